The van der Waals surface area contributed by atoms with Gasteiger partial charge in [-0.3, -0.25) is 14.4 Å². The number of rotatable bonds is 51. The third-order valence-corrected chi connectivity index (χ3v) is 13.3. The van der Waals surface area contributed by atoms with Gasteiger partial charge in [-0.1, -0.05) is 279 Å². The molecule has 2 atom stereocenters. The third kappa shape index (κ3) is 49.7. The van der Waals surface area contributed by atoms with Crippen molar-refractivity contribution >= 4 is 17.9 Å². The van der Waals surface area contributed by atoms with Crippen LogP contribution in [0.15, 0.2) is 0 Å². The second-order valence-corrected chi connectivity index (χ2v) is 20.3. The minimum absolute atomic E-state index is 0.0629. The van der Waals surface area contributed by atoms with Crippen molar-refractivity contribution < 1.29 is 28.6 Å². The Labute approximate surface area is 393 Å². The second kappa shape index (κ2) is 49.8. The summed E-state index contributed by atoms with van der Waals surface area (Å²) >= 11 is 0. The van der Waals surface area contributed by atoms with Crippen molar-refractivity contribution in [3.63, 3.8) is 0 Å². The van der Waals surface area contributed by atoms with Gasteiger partial charge < -0.3 is 14.2 Å². The van der Waals surface area contributed by atoms with Crippen LogP contribution in [0, 0.1) is 11.8 Å². The molecule has 0 aliphatic carbocycles. The lowest BCUT2D eigenvalue weighted by Crippen LogP contribution is -2.30. The average Bonchev–Trinajstić information content (AvgIpc) is 3.27. The number of esters is 3. The summed E-state index contributed by atoms with van der Waals surface area (Å²) in [5.41, 5.74) is 0. The molecule has 0 spiro atoms. The second-order valence-electron chi connectivity index (χ2n) is 20.3. The summed E-state index contributed by atoms with van der Waals surface area (Å²) in [5.74, 6) is 0.872. The van der Waals surface area contributed by atoms with Gasteiger partial charge in [0, 0.05) is 19.3 Å². The van der Waals surface area contributed by atoms with E-state index in [9.17, 15) is 14.4 Å². The predicted molar refractivity (Wildman–Crippen MR) is 270 cm³/mol. The summed E-state index contributed by atoms with van der Waals surface area (Å²) in [7, 11) is 0. The molecule has 0 radical (unpaired) electrons. The zero-order valence-corrected chi connectivity index (χ0v) is 43.2. The average molecular weight is 892 g/mol. The van der Waals surface area contributed by atoms with Crippen molar-refractivity contribution in [2.45, 2.75) is 323 Å². The van der Waals surface area contributed by atoms with Crippen LogP contribution < -0.4 is 0 Å². The first-order chi connectivity index (χ1) is 30.8. The van der Waals surface area contributed by atoms with E-state index in [1.54, 1.807) is 0 Å². The number of unbranched alkanes of at least 4 members (excludes halogenated alkanes) is 35. The summed E-state index contributed by atoms with van der Waals surface area (Å²) in [6.07, 6.45) is 52.2. The Kier molecular flexibility index (Phi) is 48.6. The lowest BCUT2D eigenvalue weighted by Gasteiger charge is -2.18. The molecule has 0 N–H and O–H groups in total. The molecule has 6 nitrogen and oxygen atoms in total. The third-order valence-electron chi connectivity index (χ3n) is 13.3. The van der Waals surface area contributed by atoms with Gasteiger partial charge in [-0.25, -0.2) is 0 Å². The van der Waals surface area contributed by atoms with E-state index in [1.165, 1.54) is 205 Å². The van der Waals surface area contributed by atoms with Gasteiger partial charge in [0.15, 0.2) is 6.10 Å². The highest BCUT2D eigenvalue weighted by Crippen LogP contribution is 2.18. The van der Waals surface area contributed by atoms with Gasteiger partial charge in [-0.05, 0) is 31.1 Å². The molecule has 1 unspecified atom stereocenters. The number of hydrogen-bond acceptors (Lipinski definition) is 6. The molecule has 0 aromatic heterocycles. The molecule has 63 heavy (non-hydrogen) atoms. The minimum atomic E-state index is -0.762. The maximum absolute atomic E-state index is 12.8. The van der Waals surface area contributed by atoms with Gasteiger partial charge >= 0.3 is 17.9 Å². The van der Waals surface area contributed by atoms with E-state index in [0.717, 1.165) is 69.6 Å². The van der Waals surface area contributed by atoms with E-state index in [0.29, 0.717) is 19.3 Å². The van der Waals surface area contributed by atoms with Crippen LogP contribution in [-0.2, 0) is 28.6 Å². The Morgan fingerprint density at radius 1 is 0.333 bits per heavy atom. The molecule has 0 amide bonds. The molecule has 0 aliphatic rings. The van der Waals surface area contributed by atoms with E-state index in [-0.39, 0.29) is 31.1 Å². The van der Waals surface area contributed by atoms with E-state index in [4.69, 9.17) is 14.2 Å². The van der Waals surface area contributed by atoms with Crippen LogP contribution >= 0.6 is 0 Å². The Balaban J connectivity index is 4.31. The fourth-order valence-electron chi connectivity index (χ4n) is 8.66. The van der Waals surface area contributed by atoms with Crippen molar-refractivity contribution in [2.24, 2.45) is 11.8 Å². The Morgan fingerprint density at radius 3 is 0.905 bits per heavy atom. The number of carbonyl (C=O) groups excluding carboxylic acids is 3. The normalized spacial score (nSPS) is 12.5. The van der Waals surface area contributed by atoms with E-state index in [1.807, 2.05) is 0 Å². The van der Waals surface area contributed by atoms with Gasteiger partial charge in [0.1, 0.15) is 13.2 Å². The van der Waals surface area contributed by atoms with Gasteiger partial charge in [0.2, 0.25) is 0 Å². The van der Waals surface area contributed by atoms with Gasteiger partial charge in [-0.2, -0.15) is 0 Å². The predicted octanol–water partition coefficient (Wildman–Crippen LogP) is 18.5. The standard InChI is InChI=1S/C57H110O6/c1-6-8-9-10-11-12-13-14-18-21-27-32-37-42-47-55(58)61-50-54(51-62-56(59)48-43-38-33-28-24-23-26-31-36-41-46-53(5)7-2)63-57(60)49-44-39-34-29-22-19-16-15-17-20-25-30-35-40-45-52(3)4/h52-54H,6-51H2,1-5H3/t53?,54-/m1/s1. The largest absolute Gasteiger partial charge is 0.462 e. The van der Waals surface area contributed by atoms with Crippen molar-refractivity contribution in [1.29, 1.82) is 0 Å². The van der Waals surface area contributed by atoms with Gasteiger partial charge in [-0.15, -0.1) is 0 Å². The van der Waals surface area contributed by atoms with Crippen LogP contribution in [0.25, 0.3) is 0 Å². The van der Waals surface area contributed by atoms with Crippen molar-refractivity contribution in [3.05, 3.63) is 0 Å². The van der Waals surface area contributed by atoms with E-state index >= 15 is 0 Å². The fraction of sp³-hybridized carbons (Fsp3) is 0.947. The maximum atomic E-state index is 12.8. The zero-order chi connectivity index (χ0) is 46.1. The molecular formula is C57H110O6. The smallest absolute Gasteiger partial charge is 0.306 e. The highest BCUT2D eigenvalue weighted by atomic mass is 16.6. The molecule has 0 aliphatic heterocycles. The summed E-state index contributed by atoms with van der Waals surface area (Å²) in [6, 6.07) is 0. The molecule has 0 heterocycles. The van der Waals surface area contributed by atoms with Crippen molar-refractivity contribution in [2.75, 3.05) is 13.2 Å². The zero-order valence-electron chi connectivity index (χ0n) is 43.2. The monoisotopic (exact) mass is 891 g/mol. The SMILES string of the molecule is CCCCCCCCCCCCCCCCC(=O)OC[C@H](COC(=O)CCCCCCCCCCCCC(C)CC)OC(=O)CCCCCCCCCCCCCCCCC(C)C. The van der Waals surface area contributed by atoms with Crippen LogP contribution in [0.3, 0.4) is 0 Å². The summed E-state index contributed by atoms with van der Waals surface area (Å²) in [6.45, 7) is 11.4. The van der Waals surface area contributed by atoms with Crippen LogP contribution in [0.4, 0.5) is 0 Å². The number of carbonyl (C=O) groups is 3. The molecule has 0 saturated heterocycles. The first kappa shape index (κ1) is 61.4. The molecule has 0 aromatic rings. The minimum Gasteiger partial charge on any atom is -0.462 e. The Morgan fingerprint density at radius 2 is 0.603 bits per heavy atom. The highest BCUT2D eigenvalue weighted by molar-refractivity contribution is 5.71. The van der Waals surface area contributed by atoms with Crippen LogP contribution in [0.2, 0.25) is 0 Å². The summed E-state index contributed by atoms with van der Waals surface area (Å²) in [5, 5.41) is 0. The number of hydrogen-bond donors (Lipinski definition) is 0. The van der Waals surface area contributed by atoms with E-state index in [2.05, 4.69) is 34.6 Å². The lowest BCUT2D eigenvalue weighted by atomic mass is 9.99. The van der Waals surface area contributed by atoms with Gasteiger partial charge in [0.05, 0.1) is 0 Å². The van der Waals surface area contributed by atoms with Gasteiger partial charge in [0.25, 0.3) is 0 Å². The molecule has 0 bridgehead atoms. The number of ether oxygens (including phenoxy) is 3. The van der Waals surface area contributed by atoms with Crippen molar-refractivity contribution in [1.82, 2.24) is 0 Å². The first-order valence-electron chi connectivity index (χ1n) is 28.3. The highest BCUT2D eigenvalue weighted by Gasteiger charge is 2.19. The first-order valence-corrected chi connectivity index (χ1v) is 28.3. The Hall–Kier alpha value is -1.59. The molecule has 0 saturated carbocycles. The molecule has 6 heteroatoms. The fourth-order valence-corrected chi connectivity index (χ4v) is 8.66. The molecule has 0 rings (SSSR count). The maximum Gasteiger partial charge on any atom is 0.306 e. The summed E-state index contributed by atoms with van der Waals surface area (Å²) in [4.78, 5) is 38.1. The van der Waals surface area contributed by atoms with Crippen LogP contribution in [0.5, 0.6) is 0 Å². The molecule has 374 valence electrons. The Bertz CT molecular complexity index is 964. The van der Waals surface area contributed by atoms with E-state index < -0.39 is 6.10 Å². The quantitative estimate of drug-likeness (QED) is 0.0344. The topological polar surface area (TPSA) is 78.9 Å². The molecule has 0 aromatic carbocycles. The summed E-state index contributed by atoms with van der Waals surface area (Å²) < 4.78 is 16.9. The van der Waals surface area contributed by atoms with Crippen LogP contribution in [0.1, 0.15) is 317 Å². The molecule has 0 fully saturated rings. The lowest BCUT2D eigenvalue weighted by molar-refractivity contribution is -0.167. The van der Waals surface area contributed by atoms with Crippen molar-refractivity contribution in [3.8, 4) is 0 Å². The van der Waals surface area contributed by atoms with Crippen LogP contribution in [-0.4, -0.2) is 37.2 Å². The molecular weight excluding hydrogens is 781 g/mol.